The molecule has 0 aliphatic rings. The number of carbonyl (C=O) groups is 1. The molecule has 0 saturated carbocycles. The van der Waals surface area contributed by atoms with Crippen LogP contribution in [0.4, 0.5) is 8.78 Å². The number of carbonyl (C=O) groups excluding carboxylic acids is 1. The third kappa shape index (κ3) is 11.8. The lowest BCUT2D eigenvalue weighted by Gasteiger charge is -2.07. The van der Waals surface area contributed by atoms with Gasteiger partial charge < -0.3 is 0 Å². The topological polar surface area (TPSA) is 17.1 Å². The van der Waals surface area contributed by atoms with Gasteiger partial charge in [0.1, 0.15) is 0 Å². The Morgan fingerprint density at radius 3 is 1.65 bits per heavy atom. The maximum Gasteiger partial charge on any atom is 0.302 e. The minimum Gasteiger partial charge on any atom is -0.297 e. The first kappa shape index (κ1) is 16.5. The Hall–Kier alpha value is -0.470. The maximum atomic E-state index is 12.5. The molecule has 0 aromatic carbocycles. The van der Waals surface area contributed by atoms with Gasteiger partial charge in [-0.2, -0.15) is 8.78 Å². The molecule has 1 nitrogen and oxygen atoms in total. The zero-order valence-corrected chi connectivity index (χ0v) is 11.0. The predicted molar refractivity (Wildman–Crippen MR) is 67.5 cm³/mol. The van der Waals surface area contributed by atoms with E-state index in [4.69, 9.17) is 0 Å². The fraction of sp³-hybridized carbons (Fsp3) is 0.929. The second-order valence-electron chi connectivity index (χ2n) is 4.81. The minimum absolute atomic E-state index is 0.235. The molecule has 0 rings (SSSR count). The van der Waals surface area contributed by atoms with Gasteiger partial charge in [-0.05, 0) is 6.42 Å². The van der Waals surface area contributed by atoms with Crippen LogP contribution >= 0.6 is 0 Å². The maximum absolute atomic E-state index is 12.5. The van der Waals surface area contributed by atoms with Gasteiger partial charge >= 0.3 is 5.92 Å². The largest absolute Gasteiger partial charge is 0.302 e. The Kier molecular flexibility index (Phi) is 10.4. The van der Waals surface area contributed by atoms with Crippen molar-refractivity contribution in [3.05, 3.63) is 0 Å². The summed E-state index contributed by atoms with van der Waals surface area (Å²) >= 11 is 0. The van der Waals surface area contributed by atoms with Crippen molar-refractivity contribution in [3.63, 3.8) is 0 Å². The molecular formula is C14H26F2O. The summed E-state index contributed by atoms with van der Waals surface area (Å²) < 4.78 is 25.1. The Morgan fingerprint density at radius 1 is 0.824 bits per heavy atom. The molecule has 0 spiro atoms. The molecule has 0 fully saturated rings. The van der Waals surface area contributed by atoms with Gasteiger partial charge in [0.2, 0.25) is 0 Å². The first-order valence-electron chi connectivity index (χ1n) is 6.96. The molecule has 0 amide bonds. The monoisotopic (exact) mass is 248 g/mol. The standard InChI is InChI=1S/C14H26F2O/c1-2-3-4-5-6-7-8-9-10-11-12-14(15,16)13-17/h13H,2-12H2,1H3. The van der Waals surface area contributed by atoms with Gasteiger partial charge in [0, 0.05) is 6.42 Å². The Balaban J connectivity index is 3.11. The van der Waals surface area contributed by atoms with E-state index in [2.05, 4.69) is 6.92 Å². The lowest BCUT2D eigenvalue weighted by Crippen LogP contribution is -2.16. The van der Waals surface area contributed by atoms with Gasteiger partial charge in [-0.25, -0.2) is 0 Å². The van der Waals surface area contributed by atoms with Crippen molar-refractivity contribution in [2.75, 3.05) is 0 Å². The van der Waals surface area contributed by atoms with Crippen molar-refractivity contribution < 1.29 is 13.6 Å². The summed E-state index contributed by atoms with van der Waals surface area (Å²) in [7, 11) is 0. The molecule has 0 bridgehead atoms. The molecule has 0 N–H and O–H groups in total. The number of unbranched alkanes of at least 4 members (excludes halogenated alkanes) is 9. The van der Waals surface area contributed by atoms with Crippen LogP contribution in [0, 0.1) is 0 Å². The van der Waals surface area contributed by atoms with Gasteiger partial charge in [-0.3, -0.25) is 4.79 Å². The molecule has 0 saturated heterocycles. The summed E-state index contributed by atoms with van der Waals surface area (Å²) in [6, 6.07) is 0. The van der Waals surface area contributed by atoms with E-state index in [0.717, 1.165) is 19.3 Å². The van der Waals surface area contributed by atoms with Crippen molar-refractivity contribution in [1.29, 1.82) is 0 Å². The molecule has 0 heterocycles. The van der Waals surface area contributed by atoms with Crippen LogP contribution < -0.4 is 0 Å². The predicted octanol–water partition coefficient (Wildman–Crippen LogP) is 5.13. The third-order valence-corrected chi connectivity index (χ3v) is 3.04. The average molecular weight is 248 g/mol. The fourth-order valence-corrected chi connectivity index (χ4v) is 1.91. The van der Waals surface area contributed by atoms with Crippen LogP contribution in [0.5, 0.6) is 0 Å². The van der Waals surface area contributed by atoms with Crippen molar-refractivity contribution in [1.82, 2.24) is 0 Å². The van der Waals surface area contributed by atoms with Crippen LogP contribution in [0.25, 0.3) is 0 Å². The highest BCUT2D eigenvalue weighted by Gasteiger charge is 2.26. The van der Waals surface area contributed by atoms with Crippen molar-refractivity contribution in [2.45, 2.75) is 83.5 Å². The van der Waals surface area contributed by atoms with E-state index in [0.29, 0.717) is 6.42 Å². The quantitative estimate of drug-likeness (QED) is 0.345. The first-order chi connectivity index (χ1) is 8.12. The number of hydrogen-bond donors (Lipinski definition) is 0. The van der Waals surface area contributed by atoms with Crippen molar-refractivity contribution >= 4 is 6.29 Å². The van der Waals surface area contributed by atoms with Crippen LogP contribution in [0.15, 0.2) is 0 Å². The molecule has 0 aromatic rings. The molecule has 0 aliphatic heterocycles. The number of hydrogen-bond acceptors (Lipinski definition) is 1. The molecule has 0 aromatic heterocycles. The van der Waals surface area contributed by atoms with Crippen LogP contribution in [0.2, 0.25) is 0 Å². The Morgan fingerprint density at radius 2 is 1.24 bits per heavy atom. The van der Waals surface area contributed by atoms with E-state index >= 15 is 0 Å². The molecule has 0 atom stereocenters. The second-order valence-corrected chi connectivity index (χ2v) is 4.81. The third-order valence-electron chi connectivity index (χ3n) is 3.04. The molecule has 0 unspecified atom stereocenters. The molecule has 17 heavy (non-hydrogen) atoms. The van der Waals surface area contributed by atoms with Gasteiger partial charge in [0.15, 0.2) is 6.29 Å². The lowest BCUT2D eigenvalue weighted by molar-refractivity contribution is -0.130. The smallest absolute Gasteiger partial charge is 0.297 e. The normalized spacial score (nSPS) is 11.7. The Bertz CT molecular complexity index is 181. The number of aldehydes is 1. The number of halogens is 2. The van der Waals surface area contributed by atoms with Crippen LogP contribution in [0.3, 0.4) is 0 Å². The second kappa shape index (κ2) is 10.7. The summed E-state index contributed by atoms with van der Waals surface area (Å²) in [5, 5.41) is 0. The lowest BCUT2D eigenvalue weighted by atomic mass is 10.0. The molecule has 102 valence electrons. The minimum atomic E-state index is -3.10. The number of rotatable bonds is 12. The highest BCUT2D eigenvalue weighted by atomic mass is 19.3. The van der Waals surface area contributed by atoms with Crippen LogP contribution in [0.1, 0.15) is 77.6 Å². The van der Waals surface area contributed by atoms with Gasteiger partial charge in [-0.15, -0.1) is 0 Å². The zero-order chi connectivity index (χ0) is 13.0. The first-order valence-corrected chi connectivity index (χ1v) is 6.96. The molecular weight excluding hydrogens is 222 g/mol. The summed E-state index contributed by atoms with van der Waals surface area (Å²) in [4.78, 5) is 9.97. The highest BCUT2D eigenvalue weighted by molar-refractivity contribution is 5.59. The summed E-state index contributed by atoms with van der Waals surface area (Å²) in [6.07, 6.45) is 10.6. The highest BCUT2D eigenvalue weighted by Crippen LogP contribution is 2.19. The summed E-state index contributed by atoms with van der Waals surface area (Å²) in [5.41, 5.74) is 0. The van der Waals surface area contributed by atoms with Gasteiger partial charge in [-0.1, -0.05) is 64.7 Å². The van der Waals surface area contributed by atoms with Gasteiger partial charge in [0.25, 0.3) is 0 Å². The van der Waals surface area contributed by atoms with Crippen molar-refractivity contribution in [3.8, 4) is 0 Å². The van der Waals surface area contributed by atoms with Gasteiger partial charge in [0.05, 0.1) is 0 Å². The summed E-state index contributed by atoms with van der Waals surface area (Å²) in [5.74, 6) is -3.10. The van der Waals surface area contributed by atoms with E-state index in [1.165, 1.54) is 38.5 Å². The SMILES string of the molecule is CCCCCCCCCCCCC(F)(F)C=O. The van der Waals surface area contributed by atoms with E-state index in [-0.39, 0.29) is 12.7 Å². The van der Waals surface area contributed by atoms with Crippen LogP contribution in [-0.2, 0) is 4.79 Å². The fourth-order valence-electron chi connectivity index (χ4n) is 1.91. The van der Waals surface area contributed by atoms with Crippen molar-refractivity contribution in [2.24, 2.45) is 0 Å². The Labute approximate surface area is 104 Å². The average Bonchev–Trinajstić information content (AvgIpc) is 2.31. The summed E-state index contributed by atoms with van der Waals surface area (Å²) in [6.45, 7) is 2.20. The molecule has 0 radical (unpaired) electrons. The van der Waals surface area contributed by atoms with E-state index in [9.17, 15) is 13.6 Å². The number of alkyl halides is 2. The van der Waals surface area contributed by atoms with Crippen LogP contribution in [-0.4, -0.2) is 12.2 Å². The van der Waals surface area contributed by atoms with E-state index < -0.39 is 5.92 Å². The van der Waals surface area contributed by atoms with E-state index in [1.54, 1.807) is 0 Å². The molecule has 0 aliphatic carbocycles. The zero-order valence-electron chi connectivity index (χ0n) is 11.0. The molecule has 3 heteroatoms. The van der Waals surface area contributed by atoms with E-state index in [1.807, 2.05) is 0 Å².